The first kappa shape index (κ1) is 15.1. The zero-order chi connectivity index (χ0) is 14.7. The number of nitrogens with two attached hydrogens (primary N) is 1. The third-order valence-electron chi connectivity index (χ3n) is 3.53. The molecule has 0 aliphatic rings. The summed E-state index contributed by atoms with van der Waals surface area (Å²) in [7, 11) is 0. The highest BCUT2D eigenvalue weighted by Crippen LogP contribution is 2.37. The van der Waals surface area contributed by atoms with Gasteiger partial charge in [0.05, 0.1) is 11.5 Å². The van der Waals surface area contributed by atoms with Gasteiger partial charge < -0.3 is 10.2 Å². The zero-order valence-electron chi connectivity index (χ0n) is 12.4. The Labute approximate surface area is 124 Å². The largest absolute Gasteiger partial charge is 0.468 e. The van der Waals surface area contributed by atoms with Crippen LogP contribution in [0.25, 0.3) is 0 Å². The predicted octanol–water partition coefficient (Wildman–Crippen LogP) is 3.57. The molecule has 2 aromatic heterocycles. The summed E-state index contributed by atoms with van der Waals surface area (Å²) < 4.78 is 5.52. The van der Waals surface area contributed by atoms with Crippen molar-refractivity contribution in [2.24, 2.45) is 5.73 Å². The van der Waals surface area contributed by atoms with Crippen molar-refractivity contribution in [2.45, 2.75) is 50.6 Å². The fourth-order valence-corrected chi connectivity index (χ4v) is 3.16. The van der Waals surface area contributed by atoms with Crippen molar-refractivity contribution < 1.29 is 4.42 Å². The fraction of sp³-hybridized carbons (Fsp3) is 0.467. The summed E-state index contributed by atoms with van der Waals surface area (Å²) in [5.41, 5.74) is 9.40. The summed E-state index contributed by atoms with van der Waals surface area (Å²) >= 11 is 1.58. The lowest BCUT2D eigenvalue weighted by Gasteiger charge is -2.20. The van der Waals surface area contributed by atoms with Gasteiger partial charge in [-0.3, -0.25) is 0 Å². The lowest BCUT2D eigenvalue weighted by Crippen LogP contribution is -2.25. The van der Waals surface area contributed by atoms with Crippen molar-refractivity contribution >= 4 is 11.8 Å². The molecule has 0 aliphatic carbocycles. The number of nitrogens with zero attached hydrogens (tertiary/aromatic N) is 2. The molecule has 0 aliphatic heterocycles. The van der Waals surface area contributed by atoms with E-state index in [2.05, 4.69) is 16.9 Å². The van der Waals surface area contributed by atoms with Gasteiger partial charge in [-0.1, -0.05) is 18.7 Å². The summed E-state index contributed by atoms with van der Waals surface area (Å²) in [6.07, 6.45) is 2.56. The maximum absolute atomic E-state index is 6.23. The van der Waals surface area contributed by atoms with Gasteiger partial charge in [0.1, 0.15) is 5.76 Å². The summed E-state index contributed by atoms with van der Waals surface area (Å²) in [5, 5.41) is 0.799. The maximum atomic E-state index is 6.23. The van der Waals surface area contributed by atoms with Gasteiger partial charge in [0.25, 0.3) is 0 Å². The second-order valence-electron chi connectivity index (χ2n) is 4.93. The number of aryl methyl sites for hydroxylation is 2. The van der Waals surface area contributed by atoms with Crippen LogP contribution in [0.15, 0.2) is 28.0 Å². The molecule has 2 unspecified atom stereocenters. The van der Waals surface area contributed by atoms with Crippen LogP contribution in [0.5, 0.6) is 0 Å². The Bertz CT molecular complexity index is 545. The summed E-state index contributed by atoms with van der Waals surface area (Å²) in [6, 6.07) is 3.86. The monoisotopic (exact) mass is 291 g/mol. The van der Waals surface area contributed by atoms with Crippen LogP contribution in [0, 0.1) is 20.8 Å². The Hall–Kier alpha value is -1.33. The van der Waals surface area contributed by atoms with E-state index in [9.17, 15) is 0 Å². The topological polar surface area (TPSA) is 64.9 Å². The van der Waals surface area contributed by atoms with E-state index in [1.807, 2.05) is 32.9 Å². The van der Waals surface area contributed by atoms with Crippen LogP contribution in [-0.2, 0) is 0 Å². The first-order valence-corrected chi connectivity index (χ1v) is 7.68. The van der Waals surface area contributed by atoms with Crippen LogP contribution in [0.4, 0.5) is 0 Å². The first-order chi connectivity index (χ1) is 9.52. The minimum absolute atomic E-state index is 0.0108. The Kier molecular flexibility index (Phi) is 4.83. The van der Waals surface area contributed by atoms with Crippen LogP contribution in [0.1, 0.15) is 41.3 Å². The van der Waals surface area contributed by atoms with Crippen molar-refractivity contribution in [3.63, 3.8) is 0 Å². The molecule has 2 aromatic rings. The van der Waals surface area contributed by atoms with E-state index in [-0.39, 0.29) is 11.3 Å². The molecule has 4 nitrogen and oxygen atoms in total. The average molecular weight is 291 g/mol. The third-order valence-corrected chi connectivity index (χ3v) is 4.76. The molecule has 0 aromatic carbocycles. The molecule has 2 N–H and O–H groups in total. The van der Waals surface area contributed by atoms with Gasteiger partial charge in [0.15, 0.2) is 5.16 Å². The summed E-state index contributed by atoms with van der Waals surface area (Å²) in [4.78, 5) is 9.11. The fourth-order valence-electron chi connectivity index (χ4n) is 1.93. The number of aromatic nitrogens is 2. The van der Waals surface area contributed by atoms with Gasteiger partial charge in [-0.2, -0.15) is 0 Å². The summed E-state index contributed by atoms with van der Waals surface area (Å²) in [6.45, 7) is 8.14. The molecule has 2 atom stereocenters. The van der Waals surface area contributed by atoms with Crippen LogP contribution < -0.4 is 5.73 Å². The standard InChI is InChI=1S/C15H21N3OS/c1-5-12(16)14(13-7-6-8-19-13)20-15-17-10(3)9(2)11(4)18-15/h6-8,12,14H,5,16H2,1-4H3. The van der Waals surface area contributed by atoms with Gasteiger partial charge in [0, 0.05) is 17.4 Å². The third kappa shape index (κ3) is 3.22. The maximum Gasteiger partial charge on any atom is 0.188 e. The highest BCUT2D eigenvalue weighted by atomic mass is 32.2. The molecule has 0 saturated carbocycles. The van der Waals surface area contributed by atoms with Crippen molar-refractivity contribution in [1.29, 1.82) is 0 Å². The Morgan fingerprint density at radius 3 is 2.40 bits per heavy atom. The smallest absolute Gasteiger partial charge is 0.188 e. The normalized spacial score (nSPS) is 14.2. The second kappa shape index (κ2) is 6.41. The van der Waals surface area contributed by atoms with Crippen LogP contribution in [-0.4, -0.2) is 16.0 Å². The highest BCUT2D eigenvalue weighted by molar-refractivity contribution is 7.99. The molecule has 5 heteroatoms. The number of rotatable bonds is 5. The van der Waals surface area contributed by atoms with Gasteiger partial charge in [-0.25, -0.2) is 9.97 Å². The predicted molar refractivity (Wildman–Crippen MR) is 81.8 cm³/mol. The van der Waals surface area contributed by atoms with Crippen molar-refractivity contribution in [3.8, 4) is 0 Å². The molecule has 108 valence electrons. The van der Waals surface area contributed by atoms with Gasteiger partial charge in [0.2, 0.25) is 0 Å². The quantitative estimate of drug-likeness (QED) is 0.674. The minimum atomic E-state index is 0.0108. The molecular weight excluding hydrogens is 270 g/mol. The van der Waals surface area contributed by atoms with E-state index in [0.717, 1.165) is 34.3 Å². The highest BCUT2D eigenvalue weighted by Gasteiger charge is 2.24. The Morgan fingerprint density at radius 2 is 1.90 bits per heavy atom. The number of thioether (sulfide) groups is 1. The van der Waals surface area contributed by atoms with Gasteiger partial charge >= 0.3 is 0 Å². The van der Waals surface area contributed by atoms with Crippen LogP contribution in [0.3, 0.4) is 0 Å². The van der Waals surface area contributed by atoms with E-state index >= 15 is 0 Å². The zero-order valence-corrected chi connectivity index (χ0v) is 13.2. The van der Waals surface area contributed by atoms with Crippen molar-refractivity contribution in [1.82, 2.24) is 9.97 Å². The molecule has 0 radical (unpaired) electrons. The molecule has 0 bridgehead atoms. The first-order valence-electron chi connectivity index (χ1n) is 6.80. The molecular formula is C15H21N3OS. The Balaban J connectivity index is 2.29. The van der Waals surface area contributed by atoms with E-state index in [0.29, 0.717) is 0 Å². The molecule has 0 fully saturated rings. The SMILES string of the molecule is CCC(N)C(Sc1nc(C)c(C)c(C)n1)c1ccco1. The van der Waals surface area contributed by atoms with Crippen molar-refractivity contribution in [2.75, 3.05) is 0 Å². The second-order valence-corrected chi connectivity index (χ2v) is 6.04. The minimum Gasteiger partial charge on any atom is -0.468 e. The lowest BCUT2D eigenvalue weighted by molar-refractivity contribution is 0.473. The van der Waals surface area contributed by atoms with E-state index in [1.165, 1.54) is 0 Å². The van der Waals surface area contributed by atoms with Gasteiger partial charge in [-0.05, 0) is 44.9 Å². The Morgan fingerprint density at radius 1 is 1.25 bits per heavy atom. The molecule has 0 saturated heterocycles. The molecule has 20 heavy (non-hydrogen) atoms. The van der Waals surface area contributed by atoms with Gasteiger partial charge in [-0.15, -0.1) is 0 Å². The average Bonchev–Trinajstić information content (AvgIpc) is 2.95. The molecule has 0 amide bonds. The molecule has 2 heterocycles. The van der Waals surface area contributed by atoms with E-state index < -0.39 is 0 Å². The summed E-state index contributed by atoms with van der Waals surface area (Å²) in [5.74, 6) is 0.879. The van der Waals surface area contributed by atoms with Crippen LogP contribution in [0.2, 0.25) is 0 Å². The van der Waals surface area contributed by atoms with Crippen molar-refractivity contribution in [3.05, 3.63) is 41.1 Å². The number of hydrogen-bond acceptors (Lipinski definition) is 5. The number of hydrogen-bond donors (Lipinski definition) is 1. The van der Waals surface area contributed by atoms with E-state index in [1.54, 1.807) is 18.0 Å². The lowest BCUT2D eigenvalue weighted by atomic mass is 10.1. The number of furan rings is 1. The van der Waals surface area contributed by atoms with E-state index in [4.69, 9.17) is 10.2 Å². The molecule has 0 spiro atoms. The molecule has 2 rings (SSSR count). The van der Waals surface area contributed by atoms with Crippen LogP contribution >= 0.6 is 11.8 Å².